The Balaban J connectivity index is 3.48. The quantitative estimate of drug-likeness (QED) is 0.176. The molecule has 0 aliphatic heterocycles. The van der Waals surface area contributed by atoms with E-state index in [0.717, 1.165) is 38.5 Å². The van der Waals surface area contributed by atoms with Gasteiger partial charge in [0.05, 0.1) is 6.61 Å². The van der Waals surface area contributed by atoms with Crippen molar-refractivity contribution in [3.8, 4) is 0 Å². The van der Waals surface area contributed by atoms with Crippen LogP contribution < -0.4 is 0 Å². The molecule has 0 aromatic carbocycles. The lowest BCUT2D eigenvalue weighted by atomic mass is 10.1. The lowest BCUT2D eigenvalue weighted by Gasteiger charge is -2.08. The SMILES string of the molecule is CCCCC/C=C\C=C\C(=O)CCCCCCCC(=O)OC[C@H](O)CO. The number of ether oxygens (including phenoxy) is 1. The molecule has 0 spiro atoms. The number of aliphatic hydroxyl groups excluding tert-OH is 2. The number of ketones is 1. The second-order valence-electron chi connectivity index (χ2n) is 6.54. The zero-order valence-corrected chi connectivity index (χ0v) is 16.2. The van der Waals surface area contributed by atoms with Gasteiger partial charge in [0.1, 0.15) is 12.7 Å². The lowest BCUT2D eigenvalue weighted by Crippen LogP contribution is -2.21. The summed E-state index contributed by atoms with van der Waals surface area (Å²) in [6, 6.07) is 0. The Morgan fingerprint density at radius 2 is 1.65 bits per heavy atom. The summed E-state index contributed by atoms with van der Waals surface area (Å²) in [7, 11) is 0. The molecule has 0 rings (SSSR count). The van der Waals surface area contributed by atoms with Crippen molar-refractivity contribution >= 4 is 11.8 Å². The maximum absolute atomic E-state index is 11.7. The molecular weight excluding hydrogens is 332 g/mol. The van der Waals surface area contributed by atoms with Crippen LogP contribution in [-0.2, 0) is 14.3 Å². The van der Waals surface area contributed by atoms with E-state index in [1.54, 1.807) is 6.08 Å². The van der Waals surface area contributed by atoms with Crippen LogP contribution in [-0.4, -0.2) is 41.3 Å². The van der Waals surface area contributed by atoms with Crippen LogP contribution >= 0.6 is 0 Å². The third kappa shape index (κ3) is 17.4. The molecule has 0 saturated carbocycles. The van der Waals surface area contributed by atoms with Crippen LogP contribution in [0.1, 0.15) is 77.6 Å². The molecule has 0 amide bonds. The Kier molecular flexibility index (Phi) is 17.3. The van der Waals surface area contributed by atoms with Crippen LogP contribution in [0.25, 0.3) is 0 Å². The van der Waals surface area contributed by atoms with Crippen LogP contribution in [0.3, 0.4) is 0 Å². The number of allylic oxidation sites excluding steroid dienone is 4. The highest BCUT2D eigenvalue weighted by Gasteiger charge is 2.07. The summed E-state index contributed by atoms with van der Waals surface area (Å²) in [5.41, 5.74) is 0. The molecule has 5 heteroatoms. The van der Waals surface area contributed by atoms with Crippen molar-refractivity contribution in [3.05, 3.63) is 24.3 Å². The summed E-state index contributed by atoms with van der Waals surface area (Å²) in [6.45, 7) is 1.62. The van der Waals surface area contributed by atoms with Crippen LogP contribution in [0, 0.1) is 0 Å². The smallest absolute Gasteiger partial charge is 0.305 e. The second-order valence-corrected chi connectivity index (χ2v) is 6.54. The van der Waals surface area contributed by atoms with Gasteiger partial charge >= 0.3 is 5.97 Å². The van der Waals surface area contributed by atoms with E-state index in [1.807, 2.05) is 12.2 Å². The van der Waals surface area contributed by atoms with Crippen molar-refractivity contribution in [2.75, 3.05) is 13.2 Å². The van der Waals surface area contributed by atoms with Crippen LogP contribution in [0.15, 0.2) is 24.3 Å². The van der Waals surface area contributed by atoms with Gasteiger partial charge in [-0.3, -0.25) is 9.59 Å². The number of carbonyl (C=O) groups excluding carboxylic acids is 2. The predicted octanol–water partition coefficient (Wildman–Crippen LogP) is 3.88. The molecule has 0 fully saturated rings. The summed E-state index contributed by atoms with van der Waals surface area (Å²) in [5.74, 6) is -0.185. The molecule has 0 aliphatic carbocycles. The molecule has 2 N–H and O–H groups in total. The predicted molar refractivity (Wildman–Crippen MR) is 104 cm³/mol. The van der Waals surface area contributed by atoms with Crippen molar-refractivity contribution in [2.45, 2.75) is 83.7 Å². The third-order valence-corrected chi connectivity index (χ3v) is 3.96. The molecule has 0 heterocycles. The minimum Gasteiger partial charge on any atom is -0.463 e. The van der Waals surface area contributed by atoms with Gasteiger partial charge in [0, 0.05) is 12.8 Å². The fraction of sp³-hybridized carbons (Fsp3) is 0.714. The van der Waals surface area contributed by atoms with Gasteiger partial charge in [-0.05, 0) is 31.8 Å². The minimum absolute atomic E-state index is 0.154. The van der Waals surface area contributed by atoms with Gasteiger partial charge in [-0.1, -0.05) is 57.3 Å². The molecule has 0 bridgehead atoms. The van der Waals surface area contributed by atoms with Crippen LogP contribution in [0.5, 0.6) is 0 Å². The zero-order valence-electron chi connectivity index (χ0n) is 16.2. The van der Waals surface area contributed by atoms with Gasteiger partial charge in [0.15, 0.2) is 5.78 Å². The Bertz CT molecular complexity index is 415. The summed E-state index contributed by atoms with van der Waals surface area (Å²) < 4.78 is 4.82. The summed E-state index contributed by atoms with van der Waals surface area (Å²) in [6.07, 6.45) is 16.7. The lowest BCUT2D eigenvalue weighted by molar-refractivity contribution is -0.147. The number of rotatable bonds is 17. The fourth-order valence-electron chi connectivity index (χ4n) is 2.35. The Morgan fingerprint density at radius 1 is 0.962 bits per heavy atom. The average Bonchev–Trinajstić information content (AvgIpc) is 2.64. The molecule has 0 aromatic heterocycles. The maximum atomic E-state index is 11.7. The highest BCUT2D eigenvalue weighted by atomic mass is 16.5. The van der Waals surface area contributed by atoms with Crippen molar-refractivity contribution in [3.63, 3.8) is 0 Å². The van der Waals surface area contributed by atoms with Crippen molar-refractivity contribution in [2.24, 2.45) is 0 Å². The normalized spacial score (nSPS) is 12.7. The Labute approximate surface area is 158 Å². The van der Waals surface area contributed by atoms with E-state index in [0.29, 0.717) is 12.8 Å². The minimum atomic E-state index is -0.998. The largest absolute Gasteiger partial charge is 0.463 e. The first-order valence-electron chi connectivity index (χ1n) is 9.90. The van der Waals surface area contributed by atoms with Crippen molar-refractivity contribution in [1.82, 2.24) is 0 Å². The molecule has 26 heavy (non-hydrogen) atoms. The van der Waals surface area contributed by atoms with Gasteiger partial charge in [-0.2, -0.15) is 0 Å². The number of aliphatic hydroxyl groups is 2. The molecule has 0 radical (unpaired) electrons. The monoisotopic (exact) mass is 368 g/mol. The molecule has 150 valence electrons. The first-order chi connectivity index (χ1) is 12.6. The second kappa shape index (κ2) is 18.3. The van der Waals surface area contributed by atoms with E-state index < -0.39 is 12.7 Å². The summed E-state index contributed by atoms with van der Waals surface area (Å²) in [4.78, 5) is 23.1. The first kappa shape index (κ1) is 24.5. The number of hydrogen-bond acceptors (Lipinski definition) is 5. The summed E-state index contributed by atoms with van der Waals surface area (Å²) >= 11 is 0. The number of unbranched alkanes of at least 4 members (excludes halogenated alkanes) is 7. The van der Waals surface area contributed by atoms with E-state index in [9.17, 15) is 9.59 Å². The van der Waals surface area contributed by atoms with Crippen LogP contribution in [0.4, 0.5) is 0 Å². The Hall–Kier alpha value is -1.46. The molecule has 0 saturated heterocycles. The number of hydrogen-bond donors (Lipinski definition) is 2. The van der Waals surface area contributed by atoms with Gasteiger partial charge in [0.2, 0.25) is 0 Å². The van der Waals surface area contributed by atoms with Crippen molar-refractivity contribution < 1.29 is 24.5 Å². The van der Waals surface area contributed by atoms with Gasteiger partial charge < -0.3 is 14.9 Å². The molecule has 0 aliphatic rings. The average molecular weight is 369 g/mol. The molecule has 1 atom stereocenters. The molecular formula is C21H36O5. The molecule has 5 nitrogen and oxygen atoms in total. The zero-order chi connectivity index (χ0) is 19.5. The molecule has 0 unspecified atom stereocenters. The Morgan fingerprint density at radius 3 is 2.35 bits per heavy atom. The number of carbonyl (C=O) groups is 2. The topological polar surface area (TPSA) is 83.8 Å². The number of esters is 1. The van der Waals surface area contributed by atoms with Gasteiger partial charge in [-0.25, -0.2) is 0 Å². The van der Waals surface area contributed by atoms with E-state index in [-0.39, 0.29) is 18.4 Å². The first-order valence-corrected chi connectivity index (χ1v) is 9.90. The maximum Gasteiger partial charge on any atom is 0.305 e. The summed E-state index contributed by atoms with van der Waals surface area (Å²) in [5, 5.41) is 17.7. The van der Waals surface area contributed by atoms with Crippen molar-refractivity contribution in [1.29, 1.82) is 0 Å². The van der Waals surface area contributed by atoms with Crippen LogP contribution in [0.2, 0.25) is 0 Å². The fourth-order valence-corrected chi connectivity index (χ4v) is 2.35. The van der Waals surface area contributed by atoms with E-state index in [2.05, 4.69) is 13.0 Å². The van der Waals surface area contributed by atoms with E-state index in [1.165, 1.54) is 19.3 Å². The molecule has 0 aromatic rings. The van der Waals surface area contributed by atoms with E-state index in [4.69, 9.17) is 14.9 Å². The van der Waals surface area contributed by atoms with Gasteiger partial charge in [0.25, 0.3) is 0 Å². The van der Waals surface area contributed by atoms with Gasteiger partial charge in [-0.15, -0.1) is 0 Å². The standard InChI is InChI=1S/C21H36O5/c1-2-3-4-5-6-8-11-14-19(23)15-12-9-7-10-13-16-21(25)26-18-20(24)17-22/h6,8,11,14,20,22,24H,2-5,7,9-10,12-13,15-18H2,1H3/b8-6-,14-11+/t20-/m1/s1. The van der Waals surface area contributed by atoms with E-state index >= 15 is 0 Å². The highest BCUT2D eigenvalue weighted by Crippen LogP contribution is 2.08. The third-order valence-electron chi connectivity index (χ3n) is 3.96. The highest BCUT2D eigenvalue weighted by molar-refractivity contribution is 5.89.